The van der Waals surface area contributed by atoms with E-state index in [1.807, 2.05) is 0 Å². The van der Waals surface area contributed by atoms with Gasteiger partial charge in [-0.2, -0.15) is 0 Å². The van der Waals surface area contributed by atoms with Crippen molar-refractivity contribution in [2.45, 2.75) is 47.5 Å². The highest BCUT2D eigenvalue weighted by Crippen LogP contribution is 2.36. The van der Waals surface area contributed by atoms with Gasteiger partial charge in [-0.3, -0.25) is 0 Å². The van der Waals surface area contributed by atoms with Gasteiger partial charge in [-0.15, -0.1) is 0 Å². The van der Waals surface area contributed by atoms with Crippen LogP contribution < -0.4 is 11.5 Å². The quantitative estimate of drug-likeness (QED) is 0.611. The summed E-state index contributed by atoms with van der Waals surface area (Å²) in [6, 6.07) is 0. The van der Waals surface area contributed by atoms with E-state index >= 15 is 0 Å². The highest BCUT2D eigenvalue weighted by Gasteiger charge is 2.32. The number of hydrogen-bond donors (Lipinski definition) is 3. The van der Waals surface area contributed by atoms with E-state index in [2.05, 4.69) is 34.6 Å². The number of nitrogens with two attached hydrogens (primary N) is 2. The number of rotatable bonds is 8. The molecule has 0 aliphatic heterocycles. The van der Waals surface area contributed by atoms with Gasteiger partial charge < -0.3 is 16.6 Å². The highest BCUT2D eigenvalue weighted by molar-refractivity contribution is 4.84. The van der Waals surface area contributed by atoms with E-state index < -0.39 is 0 Å². The van der Waals surface area contributed by atoms with Crippen LogP contribution in [-0.2, 0) is 0 Å². The Labute approximate surface area is 107 Å². The van der Waals surface area contributed by atoms with Gasteiger partial charge in [0.15, 0.2) is 0 Å². The third kappa shape index (κ3) is 4.23. The molecule has 0 rings (SSSR count). The molecule has 0 bridgehead atoms. The SMILES string of the molecule is CC(C)C(C)(CN)CCC(C)C(C)(CN)CO. The standard InChI is InChI=1S/C14H32N2O/c1-11(2)13(4,8-15)7-6-12(3)14(5,9-16)10-17/h11-12,17H,6-10,15-16H2,1-5H3. The van der Waals surface area contributed by atoms with Crippen LogP contribution in [0, 0.1) is 22.7 Å². The lowest BCUT2D eigenvalue weighted by Gasteiger charge is -2.37. The molecule has 0 fully saturated rings. The Morgan fingerprint density at radius 2 is 1.47 bits per heavy atom. The topological polar surface area (TPSA) is 72.3 Å². The molecule has 0 saturated heterocycles. The van der Waals surface area contributed by atoms with Gasteiger partial charge in [0.2, 0.25) is 0 Å². The molecule has 0 aromatic rings. The average Bonchev–Trinajstić information content (AvgIpc) is 2.33. The molecule has 3 unspecified atom stereocenters. The van der Waals surface area contributed by atoms with Gasteiger partial charge in [0.05, 0.1) is 0 Å². The maximum Gasteiger partial charge on any atom is 0.0499 e. The molecule has 0 radical (unpaired) electrons. The molecule has 104 valence electrons. The van der Waals surface area contributed by atoms with Gasteiger partial charge in [0, 0.05) is 18.6 Å². The van der Waals surface area contributed by atoms with E-state index in [4.69, 9.17) is 11.5 Å². The molecule has 0 saturated carbocycles. The molecule has 0 aromatic carbocycles. The Kier molecular flexibility index (Phi) is 6.67. The lowest BCUT2D eigenvalue weighted by Crippen LogP contribution is -2.39. The van der Waals surface area contributed by atoms with Crippen molar-refractivity contribution in [2.24, 2.45) is 34.1 Å². The van der Waals surface area contributed by atoms with Crippen LogP contribution in [0.15, 0.2) is 0 Å². The molecular formula is C14H32N2O. The van der Waals surface area contributed by atoms with E-state index in [1.54, 1.807) is 0 Å². The van der Waals surface area contributed by atoms with E-state index in [-0.39, 0.29) is 17.4 Å². The summed E-state index contributed by atoms with van der Waals surface area (Å²) in [6.07, 6.45) is 2.16. The highest BCUT2D eigenvalue weighted by atomic mass is 16.3. The fourth-order valence-corrected chi connectivity index (χ4v) is 1.94. The van der Waals surface area contributed by atoms with Crippen molar-refractivity contribution < 1.29 is 5.11 Å². The monoisotopic (exact) mass is 244 g/mol. The second-order valence-electron chi connectivity index (χ2n) is 6.47. The zero-order valence-corrected chi connectivity index (χ0v) is 12.3. The molecule has 17 heavy (non-hydrogen) atoms. The van der Waals surface area contributed by atoms with Crippen LogP contribution in [0.5, 0.6) is 0 Å². The van der Waals surface area contributed by atoms with Crippen LogP contribution >= 0.6 is 0 Å². The molecule has 3 heteroatoms. The third-order valence-corrected chi connectivity index (χ3v) is 5.03. The zero-order chi connectivity index (χ0) is 13.7. The van der Waals surface area contributed by atoms with Crippen LogP contribution in [-0.4, -0.2) is 24.8 Å². The largest absolute Gasteiger partial charge is 0.396 e. The Morgan fingerprint density at radius 1 is 1.00 bits per heavy atom. The predicted octanol–water partition coefficient (Wildman–Crippen LogP) is 1.98. The van der Waals surface area contributed by atoms with Crippen LogP contribution in [0.4, 0.5) is 0 Å². The van der Waals surface area contributed by atoms with Crippen molar-refractivity contribution in [3.8, 4) is 0 Å². The summed E-state index contributed by atoms with van der Waals surface area (Å²) in [4.78, 5) is 0. The zero-order valence-electron chi connectivity index (χ0n) is 12.3. The van der Waals surface area contributed by atoms with Crippen molar-refractivity contribution in [2.75, 3.05) is 19.7 Å². The maximum absolute atomic E-state index is 9.45. The lowest BCUT2D eigenvalue weighted by molar-refractivity contribution is 0.0759. The van der Waals surface area contributed by atoms with Gasteiger partial charge >= 0.3 is 0 Å². The minimum Gasteiger partial charge on any atom is -0.396 e. The molecule has 3 nitrogen and oxygen atoms in total. The molecule has 3 atom stereocenters. The second-order valence-corrected chi connectivity index (χ2v) is 6.47. The van der Waals surface area contributed by atoms with Crippen LogP contribution in [0.1, 0.15) is 47.5 Å². The summed E-state index contributed by atoms with van der Waals surface area (Å²) in [6.45, 7) is 12.4. The van der Waals surface area contributed by atoms with Crippen molar-refractivity contribution in [1.82, 2.24) is 0 Å². The average molecular weight is 244 g/mol. The minimum atomic E-state index is -0.160. The smallest absolute Gasteiger partial charge is 0.0499 e. The Balaban J connectivity index is 4.46. The molecule has 0 aliphatic carbocycles. The van der Waals surface area contributed by atoms with Crippen LogP contribution in [0.3, 0.4) is 0 Å². The van der Waals surface area contributed by atoms with Crippen molar-refractivity contribution in [1.29, 1.82) is 0 Å². The number of hydrogen-bond acceptors (Lipinski definition) is 3. The van der Waals surface area contributed by atoms with E-state index in [9.17, 15) is 5.11 Å². The Morgan fingerprint density at radius 3 is 1.76 bits per heavy atom. The summed E-state index contributed by atoms with van der Waals surface area (Å²) in [7, 11) is 0. The summed E-state index contributed by atoms with van der Waals surface area (Å²) < 4.78 is 0. The van der Waals surface area contributed by atoms with Gasteiger partial charge in [-0.25, -0.2) is 0 Å². The summed E-state index contributed by atoms with van der Waals surface area (Å²) >= 11 is 0. The van der Waals surface area contributed by atoms with Crippen molar-refractivity contribution in [3.05, 3.63) is 0 Å². The van der Waals surface area contributed by atoms with Crippen LogP contribution in [0.2, 0.25) is 0 Å². The summed E-state index contributed by atoms with van der Waals surface area (Å²) in [5.41, 5.74) is 11.7. The first kappa shape index (κ1) is 16.9. The van der Waals surface area contributed by atoms with Gasteiger partial charge in [0.25, 0.3) is 0 Å². The van der Waals surface area contributed by atoms with E-state index in [1.165, 1.54) is 0 Å². The Hall–Kier alpha value is -0.120. The first-order valence-corrected chi connectivity index (χ1v) is 6.76. The molecule has 0 heterocycles. The maximum atomic E-state index is 9.45. The first-order valence-electron chi connectivity index (χ1n) is 6.76. The van der Waals surface area contributed by atoms with Gasteiger partial charge in [-0.1, -0.05) is 34.6 Å². The first-order chi connectivity index (χ1) is 7.75. The molecule has 0 aromatic heterocycles. The van der Waals surface area contributed by atoms with Crippen molar-refractivity contribution >= 4 is 0 Å². The molecule has 0 amide bonds. The number of aliphatic hydroxyl groups excluding tert-OH is 1. The molecule has 0 aliphatic rings. The predicted molar refractivity (Wildman–Crippen MR) is 74.6 cm³/mol. The van der Waals surface area contributed by atoms with Crippen LogP contribution in [0.25, 0.3) is 0 Å². The normalized spacial score (nSPS) is 21.0. The summed E-state index contributed by atoms with van der Waals surface area (Å²) in [5, 5.41) is 9.45. The summed E-state index contributed by atoms with van der Waals surface area (Å²) in [5.74, 6) is 1.00. The van der Waals surface area contributed by atoms with E-state index in [0.717, 1.165) is 19.4 Å². The molecule has 0 spiro atoms. The molecular weight excluding hydrogens is 212 g/mol. The second kappa shape index (κ2) is 6.72. The Bertz CT molecular complexity index is 214. The number of aliphatic hydroxyl groups is 1. The van der Waals surface area contributed by atoms with E-state index in [0.29, 0.717) is 18.4 Å². The molecule has 5 N–H and O–H groups in total. The fraction of sp³-hybridized carbons (Fsp3) is 1.00. The fourth-order valence-electron chi connectivity index (χ4n) is 1.94. The third-order valence-electron chi connectivity index (χ3n) is 5.03. The van der Waals surface area contributed by atoms with Crippen molar-refractivity contribution in [3.63, 3.8) is 0 Å². The van der Waals surface area contributed by atoms with Gasteiger partial charge in [-0.05, 0) is 36.6 Å². The lowest BCUT2D eigenvalue weighted by atomic mass is 9.70. The van der Waals surface area contributed by atoms with Gasteiger partial charge in [0.1, 0.15) is 0 Å². The minimum absolute atomic E-state index is 0.158.